The molecule has 3 aromatic rings. The van der Waals surface area contributed by atoms with E-state index in [0.29, 0.717) is 16.3 Å². The number of amides is 1. The molecule has 2 aromatic carbocycles. The van der Waals surface area contributed by atoms with Crippen LogP contribution in [0.5, 0.6) is 5.75 Å². The van der Waals surface area contributed by atoms with E-state index in [9.17, 15) is 9.59 Å². The Morgan fingerprint density at radius 1 is 1.00 bits per heavy atom. The van der Waals surface area contributed by atoms with Crippen molar-refractivity contribution in [3.8, 4) is 16.9 Å². The molecule has 1 heterocycles. The smallest absolute Gasteiger partial charge is 0.341 e. The number of rotatable bonds is 6. The Morgan fingerprint density at radius 2 is 1.70 bits per heavy atom. The Morgan fingerprint density at radius 3 is 2.37 bits per heavy atom. The van der Waals surface area contributed by atoms with Crippen molar-refractivity contribution in [1.29, 1.82) is 0 Å². The molecule has 0 atom stereocenters. The minimum atomic E-state index is -0.485. The largest absolute Gasteiger partial charge is 0.483 e. The lowest BCUT2D eigenvalue weighted by molar-refractivity contribution is -0.118. The molecule has 0 aliphatic rings. The number of methoxy groups -OCH3 is 1. The van der Waals surface area contributed by atoms with Gasteiger partial charge in [-0.15, -0.1) is 11.3 Å². The van der Waals surface area contributed by atoms with E-state index in [0.717, 1.165) is 32.7 Å². The number of thiophene rings is 1. The molecule has 0 fully saturated rings. The van der Waals surface area contributed by atoms with Crippen molar-refractivity contribution < 1.29 is 19.1 Å². The van der Waals surface area contributed by atoms with Gasteiger partial charge in [0.1, 0.15) is 16.3 Å². The van der Waals surface area contributed by atoms with Crippen molar-refractivity contribution in [3.63, 3.8) is 0 Å². The maximum atomic E-state index is 12.6. The monoisotopic (exact) mass is 423 g/mol. The van der Waals surface area contributed by atoms with Gasteiger partial charge in [0.25, 0.3) is 5.91 Å². The number of carbonyl (C=O) groups excluding carboxylic acids is 2. The number of aryl methyl sites for hydroxylation is 3. The van der Waals surface area contributed by atoms with Gasteiger partial charge in [0.15, 0.2) is 6.61 Å². The molecular weight excluding hydrogens is 398 g/mol. The van der Waals surface area contributed by atoms with Crippen LogP contribution < -0.4 is 10.1 Å². The number of hydrogen-bond donors (Lipinski definition) is 1. The summed E-state index contributed by atoms with van der Waals surface area (Å²) in [5.74, 6) is -0.153. The number of ether oxygens (including phenoxy) is 2. The van der Waals surface area contributed by atoms with E-state index in [1.54, 1.807) is 0 Å². The van der Waals surface area contributed by atoms with E-state index >= 15 is 0 Å². The van der Waals surface area contributed by atoms with Crippen LogP contribution in [0.2, 0.25) is 0 Å². The van der Waals surface area contributed by atoms with E-state index in [1.807, 2.05) is 70.2 Å². The summed E-state index contributed by atoms with van der Waals surface area (Å²) in [4.78, 5) is 26.0. The number of hydrogen-bond acceptors (Lipinski definition) is 5. The Kier molecular flexibility index (Phi) is 6.57. The lowest BCUT2D eigenvalue weighted by atomic mass is 10.0. The Balaban J connectivity index is 1.85. The van der Waals surface area contributed by atoms with Gasteiger partial charge in [-0.2, -0.15) is 0 Å². The normalized spacial score (nSPS) is 10.6. The number of esters is 1. The molecule has 5 nitrogen and oxygen atoms in total. The van der Waals surface area contributed by atoms with E-state index in [2.05, 4.69) is 5.32 Å². The van der Waals surface area contributed by atoms with E-state index in [1.165, 1.54) is 18.4 Å². The molecule has 0 bridgehead atoms. The molecule has 0 radical (unpaired) electrons. The first-order chi connectivity index (χ1) is 14.3. The number of carbonyl (C=O) groups is 2. The molecular formula is C24H25NO4S. The van der Waals surface area contributed by atoms with Crippen LogP contribution in [-0.4, -0.2) is 25.6 Å². The molecule has 0 unspecified atom stereocenters. The van der Waals surface area contributed by atoms with Gasteiger partial charge < -0.3 is 14.8 Å². The first kappa shape index (κ1) is 21.6. The molecule has 6 heteroatoms. The summed E-state index contributed by atoms with van der Waals surface area (Å²) in [5, 5.41) is 3.29. The number of nitrogens with one attached hydrogen (secondary N) is 1. The van der Waals surface area contributed by atoms with Crippen molar-refractivity contribution in [2.75, 3.05) is 19.0 Å². The molecule has 3 rings (SSSR count). The maximum Gasteiger partial charge on any atom is 0.341 e. The highest BCUT2D eigenvalue weighted by Crippen LogP contribution is 2.40. The summed E-state index contributed by atoms with van der Waals surface area (Å²) in [6.07, 6.45) is 0. The molecule has 156 valence electrons. The zero-order valence-corrected chi connectivity index (χ0v) is 18.6. The van der Waals surface area contributed by atoms with E-state index in [-0.39, 0.29) is 12.5 Å². The Labute approximate surface area is 180 Å². The number of anilines is 1. The fraction of sp³-hybridized carbons (Fsp3) is 0.250. The predicted octanol–water partition coefficient (Wildman–Crippen LogP) is 5.45. The van der Waals surface area contributed by atoms with Crippen molar-refractivity contribution in [3.05, 3.63) is 69.6 Å². The van der Waals surface area contributed by atoms with Gasteiger partial charge in [0, 0.05) is 10.4 Å². The summed E-state index contributed by atoms with van der Waals surface area (Å²) in [6, 6.07) is 13.6. The lowest BCUT2D eigenvalue weighted by Gasteiger charge is -2.11. The Bertz CT molecular complexity index is 1080. The average molecular weight is 424 g/mol. The zero-order chi connectivity index (χ0) is 21.8. The van der Waals surface area contributed by atoms with Crippen LogP contribution in [0.1, 0.15) is 31.9 Å². The van der Waals surface area contributed by atoms with Crippen LogP contribution in [0, 0.1) is 27.7 Å². The third-order valence-electron chi connectivity index (χ3n) is 4.98. The quantitative estimate of drug-likeness (QED) is 0.535. The summed E-state index contributed by atoms with van der Waals surface area (Å²) >= 11 is 1.35. The van der Waals surface area contributed by atoms with Gasteiger partial charge in [0.05, 0.1) is 7.11 Å². The summed E-state index contributed by atoms with van der Waals surface area (Å²) < 4.78 is 10.7. The van der Waals surface area contributed by atoms with Crippen LogP contribution in [0.15, 0.2) is 42.5 Å². The molecule has 0 saturated heterocycles. The third kappa shape index (κ3) is 4.54. The van der Waals surface area contributed by atoms with Crippen molar-refractivity contribution in [2.24, 2.45) is 0 Å². The topological polar surface area (TPSA) is 64.6 Å². The van der Waals surface area contributed by atoms with Gasteiger partial charge in [-0.1, -0.05) is 42.0 Å². The lowest BCUT2D eigenvalue weighted by Crippen LogP contribution is -2.21. The van der Waals surface area contributed by atoms with Crippen molar-refractivity contribution >= 4 is 28.2 Å². The van der Waals surface area contributed by atoms with E-state index < -0.39 is 5.97 Å². The minimum Gasteiger partial charge on any atom is -0.483 e. The fourth-order valence-electron chi connectivity index (χ4n) is 3.18. The van der Waals surface area contributed by atoms with Gasteiger partial charge in [-0.3, -0.25) is 4.79 Å². The van der Waals surface area contributed by atoms with Crippen molar-refractivity contribution in [2.45, 2.75) is 27.7 Å². The molecule has 1 amide bonds. The van der Waals surface area contributed by atoms with Crippen molar-refractivity contribution in [1.82, 2.24) is 0 Å². The first-order valence-electron chi connectivity index (χ1n) is 9.59. The molecule has 0 aliphatic heterocycles. The van der Waals surface area contributed by atoms with E-state index in [4.69, 9.17) is 9.47 Å². The highest BCUT2D eigenvalue weighted by Gasteiger charge is 2.25. The van der Waals surface area contributed by atoms with Gasteiger partial charge >= 0.3 is 5.97 Å². The molecule has 0 aliphatic carbocycles. The third-order valence-corrected chi connectivity index (χ3v) is 6.00. The molecule has 0 saturated carbocycles. The fourth-order valence-corrected chi connectivity index (χ4v) is 4.26. The second kappa shape index (κ2) is 9.13. The van der Waals surface area contributed by atoms with Gasteiger partial charge in [-0.05, 0) is 50.5 Å². The molecule has 1 N–H and O–H groups in total. The van der Waals surface area contributed by atoms with Crippen LogP contribution in [0.4, 0.5) is 5.00 Å². The molecule has 30 heavy (non-hydrogen) atoms. The number of benzene rings is 2. The first-order valence-corrected chi connectivity index (χ1v) is 10.4. The second-order valence-corrected chi connectivity index (χ2v) is 8.35. The van der Waals surface area contributed by atoms with Crippen LogP contribution >= 0.6 is 11.3 Å². The predicted molar refractivity (Wildman–Crippen MR) is 121 cm³/mol. The van der Waals surface area contributed by atoms with Gasteiger partial charge in [-0.25, -0.2) is 4.79 Å². The van der Waals surface area contributed by atoms with Crippen LogP contribution in [0.25, 0.3) is 11.1 Å². The minimum absolute atomic E-state index is 0.151. The van der Waals surface area contributed by atoms with Crippen LogP contribution in [-0.2, 0) is 9.53 Å². The highest BCUT2D eigenvalue weighted by atomic mass is 32.1. The molecule has 1 aromatic heterocycles. The average Bonchev–Trinajstić information content (AvgIpc) is 3.04. The highest BCUT2D eigenvalue weighted by molar-refractivity contribution is 7.17. The van der Waals surface area contributed by atoms with Crippen LogP contribution in [0.3, 0.4) is 0 Å². The SMILES string of the molecule is COC(=O)c1c(NC(=O)COc2cccc(C)c2C)sc(C)c1-c1ccc(C)cc1. The Hall–Kier alpha value is -3.12. The standard InChI is InChI=1S/C24H25NO4S/c1-14-9-11-18(12-10-14)21-17(4)30-23(22(21)24(27)28-5)25-20(26)13-29-19-8-6-7-15(2)16(19)3/h6-12H,13H2,1-5H3,(H,25,26). The summed E-state index contributed by atoms with van der Waals surface area (Å²) in [6.45, 7) is 7.73. The second-order valence-electron chi connectivity index (χ2n) is 7.13. The zero-order valence-electron chi connectivity index (χ0n) is 17.8. The summed E-state index contributed by atoms with van der Waals surface area (Å²) in [5.41, 5.74) is 5.26. The van der Waals surface area contributed by atoms with Gasteiger partial charge in [0.2, 0.25) is 0 Å². The maximum absolute atomic E-state index is 12.6. The molecule has 0 spiro atoms. The summed E-state index contributed by atoms with van der Waals surface area (Å²) in [7, 11) is 1.34.